The Balaban J connectivity index is 1.76. The lowest BCUT2D eigenvalue weighted by Gasteiger charge is -2.26. The molecule has 2 aromatic carbocycles. The fourth-order valence-electron chi connectivity index (χ4n) is 2.83. The third kappa shape index (κ3) is 3.62. The highest BCUT2D eigenvalue weighted by molar-refractivity contribution is 6.06. The molecule has 1 saturated heterocycles. The third-order valence-corrected chi connectivity index (χ3v) is 4.14. The van der Waals surface area contributed by atoms with Crippen LogP contribution in [0, 0.1) is 5.82 Å². The number of likely N-dealkylation sites (tertiary alicyclic amines) is 1. The summed E-state index contributed by atoms with van der Waals surface area (Å²) >= 11 is 0. The molecule has 1 heterocycles. The van der Waals surface area contributed by atoms with Gasteiger partial charge in [0.25, 0.3) is 11.8 Å². The van der Waals surface area contributed by atoms with Gasteiger partial charge in [0.05, 0.1) is 5.69 Å². The van der Waals surface area contributed by atoms with Crippen molar-refractivity contribution in [2.45, 2.75) is 19.3 Å². The molecule has 0 bridgehead atoms. The fourth-order valence-corrected chi connectivity index (χ4v) is 2.83. The third-order valence-electron chi connectivity index (χ3n) is 4.14. The zero-order valence-corrected chi connectivity index (χ0v) is 13.3. The molecule has 0 saturated carbocycles. The van der Waals surface area contributed by atoms with Crippen LogP contribution in [0.1, 0.15) is 40.0 Å². The van der Waals surface area contributed by atoms with Gasteiger partial charge in [-0.1, -0.05) is 18.2 Å². The Hall–Kier alpha value is -2.69. The summed E-state index contributed by atoms with van der Waals surface area (Å²) in [5.74, 6) is -0.991. The van der Waals surface area contributed by atoms with Gasteiger partial charge < -0.3 is 10.2 Å². The van der Waals surface area contributed by atoms with Gasteiger partial charge in [-0.15, -0.1) is 0 Å². The number of carbonyl (C=O) groups is 2. The summed E-state index contributed by atoms with van der Waals surface area (Å²) < 4.78 is 13.6. The highest BCUT2D eigenvalue weighted by atomic mass is 19.1. The number of anilines is 1. The van der Waals surface area contributed by atoms with E-state index in [1.54, 1.807) is 36.4 Å². The van der Waals surface area contributed by atoms with Crippen LogP contribution < -0.4 is 5.32 Å². The smallest absolute Gasteiger partial charge is 0.255 e. The summed E-state index contributed by atoms with van der Waals surface area (Å²) in [4.78, 5) is 26.7. The average molecular weight is 326 g/mol. The van der Waals surface area contributed by atoms with Gasteiger partial charge in [0.15, 0.2) is 0 Å². The first-order chi connectivity index (χ1) is 11.6. The predicted octanol–water partition coefficient (Wildman–Crippen LogP) is 3.70. The Bertz CT molecular complexity index is 755. The molecule has 124 valence electrons. The molecule has 0 radical (unpaired) electrons. The Labute approximate surface area is 140 Å². The van der Waals surface area contributed by atoms with E-state index in [0.29, 0.717) is 11.1 Å². The van der Waals surface area contributed by atoms with Crippen molar-refractivity contribution in [1.29, 1.82) is 0 Å². The number of hydrogen-bond donors (Lipinski definition) is 1. The molecule has 0 unspecified atom stereocenters. The molecule has 24 heavy (non-hydrogen) atoms. The number of carbonyl (C=O) groups excluding carboxylic acids is 2. The van der Waals surface area contributed by atoms with Crippen molar-refractivity contribution < 1.29 is 14.0 Å². The van der Waals surface area contributed by atoms with E-state index >= 15 is 0 Å². The van der Waals surface area contributed by atoms with Crippen molar-refractivity contribution in [2.75, 3.05) is 18.4 Å². The van der Waals surface area contributed by atoms with Crippen LogP contribution in [0.15, 0.2) is 48.5 Å². The first-order valence-electron chi connectivity index (χ1n) is 8.10. The average Bonchev–Trinajstić information content (AvgIpc) is 2.64. The van der Waals surface area contributed by atoms with Gasteiger partial charge in [0, 0.05) is 24.2 Å². The summed E-state index contributed by atoms with van der Waals surface area (Å²) in [6, 6.07) is 12.5. The van der Waals surface area contributed by atoms with Gasteiger partial charge in [-0.25, -0.2) is 4.39 Å². The van der Waals surface area contributed by atoms with Crippen molar-refractivity contribution in [1.82, 2.24) is 4.90 Å². The maximum atomic E-state index is 13.6. The second-order valence-corrected chi connectivity index (χ2v) is 5.87. The first kappa shape index (κ1) is 16.2. The van der Waals surface area contributed by atoms with Gasteiger partial charge in [-0.05, 0) is 49.6 Å². The van der Waals surface area contributed by atoms with E-state index in [2.05, 4.69) is 5.32 Å². The molecule has 5 heteroatoms. The summed E-state index contributed by atoms with van der Waals surface area (Å²) in [6.45, 7) is 1.51. The molecule has 1 aliphatic rings. The molecule has 0 aromatic heterocycles. The second-order valence-electron chi connectivity index (χ2n) is 5.87. The molecule has 0 spiro atoms. The number of benzene rings is 2. The minimum Gasteiger partial charge on any atom is -0.339 e. The summed E-state index contributed by atoms with van der Waals surface area (Å²) in [5, 5.41) is 2.53. The predicted molar refractivity (Wildman–Crippen MR) is 90.5 cm³/mol. The zero-order valence-electron chi connectivity index (χ0n) is 13.3. The van der Waals surface area contributed by atoms with Crippen LogP contribution in [0.2, 0.25) is 0 Å². The van der Waals surface area contributed by atoms with E-state index in [0.717, 1.165) is 32.4 Å². The quantitative estimate of drug-likeness (QED) is 0.935. The van der Waals surface area contributed by atoms with Crippen molar-refractivity contribution in [2.24, 2.45) is 0 Å². The van der Waals surface area contributed by atoms with Gasteiger partial charge >= 0.3 is 0 Å². The van der Waals surface area contributed by atoms with E-state index in [1.165, 1.54) is 12.1 Å². The Morgan fingerprint density at radius 3 is 2.38 bits per heavy atom. The van der Waals surface area contributed by atoms with E-state index in [-0.39, 0.29) is 11.6 Å². The molecule has 2 aromatic rings. The lowest BCUT2D eigenvalue weighted by Crippen LogP contribution is -2.35. The number of nitrogens with zero attached hydrogens (tertiary/aromatic N) is 1. The van der Waals surface area contributed by atoms with Crippen LogP contribution in [0.4, 0.5) is 10.1 Å². The van der Waals surface area contributed by atoms with Gasteiger partial charge in [-0.3, -0.25) is 9.59 Å². The van der Waals surface area contributed by atoms with Crippen LogP contribution in [-0.4, -0.2) is 29.8 Å². The molecule has 1 aliphatic heterocycles. The first-order valence-corrected chi connectivity index (χ1v) is 8.10. The van der Waals surface area contributed by atoms with Crippen LogP contribution in [-0.2, 0) is 0 Å². The molecule has 1 N–H and O–H groups in total. The summed E-state index contributed by atoms with van der Waals surface area (Å²) in [6.07, 6.45) is 3.17. The SMILES string of the molecule is O=C(Nc1ccccc1F)c1cccc(C(=O)N2CCCCC2)c1. The maximum Gasteiger partial charge on any atom is 0.255 e. The standard InChI is InChI=1S/C19H19FN2O2/c20-16-9-2-3-10-17(16)21-18(23)14-7-6-8-15(13-14)19(24)22-11-4-1-5-12-22/h2-3,6-10,13H,1,4-5,11-12H2,(H,21,23). The van der Waals surface area contributed by atoms with Gasteiger partial charge in [0.1, 0.15) is 5.82 Å². The minimum atomic E-state index is -0.494. The maximum absolute atomic E-state index is 13.6. The lowest BCUT2D eigenvalue weighted by molar-refractivity contribution is 0.0724. The number of nitrogens with one attached hydrogen (secondary N) is 1. The summed E-state index contributed by atoms with van der Waals surface area (Å²) in [7, 11) is 0. The number of hydrogen-bond acceptors (Lipinski definition) is 2. The van der Waals surface area contributed by atoms with Crippen molar-refractivity contribution in [3.05, 3.63) is 65.5 Å². The Morgan fingerprint density at radius 1 is 0.917 bits per heavy atom. The van der Waals surface area contributed by atoms with Gasteiger partial charge in [0.2, 0.25) is 0 Å². The molecule has 0 aliphatic carbocycles. The normalized spacial score (nSPS) is 14.3. The van der Waals surface area contributed by atoms with E-state index in [9.17, 15) is 14.0 Å². The van der Waals surface area contributed by atoms with Gasteiger partial charge in [-0.2, -0.15) is 0 Å². The van der Waals surface area contributed by atoms with Crippen LogP contribution in [0.3, 0.4) is 0 Å². The molecule has 3 rings (SSSR count). The second kappa shape index (κ2) is 7.25. The number of piperidine rings is 1. The van der Waals surface area contributed by atoms with Crippen molar-refractivity contribution in [3.8, 4) is 0 Å². The molecule has 2 amide bonds. The Morgan fingerprint density at radius 2 is 1.62 bits per heavy atom. The van der Waals surface area contributed by atoms with Crippen LogP contribution in [0.25, 0.3) is 0 Å². The fraction of sp³-hybridized carbons (Fsp3) is 0.263. The molecular weight excluding hydrogens is 307 g/mol. The number of para-hydroxylation sites is 1. The van der Waals surface area contributed by atoms with Crippen LogP contribution in [0.5, 0.6) is 0 Å². The van der Waals surface area contributed by atoms with Crippen LogP contribution >= 0.6 is 0 Å². The van der Waals surface area contributed by atoms with Crippen molar-refractivity contribution >= 4 is 17.5 Å². The molecule has 0 atom stereocenters. The van der Waals surface area contributed by atoms with E-state index < -0.39 is 11.7 Å². The number of amides is 2. The highest BCUT2D eigenvalue weighted by Crippen LogP contribution is 2.17. The molecule has 1 fully saturated rings. The largest absolute Gasteiger partial charge is 0.339 e. The monoisotopic (exact) mass is 326 g/mol. The van der Waals surface area contributed by atoms with E-state index in [1.807, 2.05) is 4.90 Å². The molecular formula is C19H19FN2O2. The number of rotatable bonds is 3. The molecule has 4 nitrogen and oxygen atoms in total. The Kier molecular flexibility index (Phi) is 4.89. The van der Waals surface area contributed by atoms with E-state index in [4.69, 9.17) is 0 Å². The number of halogens is 1. The summed E-state index contributed by atoms with van der Waals surface area (Å²) in [5.41, 5.74) is 0.939. The highest BCUT2D eigenvalue weighted by Gasteiger charge is 2.19. The van der Waals surface area contributed by atoms with Crippen molar-refractivity contribution in [3.63, 3.8) is 0 Å². The topological polar surface area (TPSA) is 49.4 Å². The zero-order chi connectivity index (χ0) is 16.9. The lowest BCUT2D eigenvalue weighted by atomic mass is 10.1. The minimum absolute atomic E-state index is 0.0600.